The molecule has 0 spiro atoms. The van der Waals surface area contributed by atoms with E-state index in [0.29, 0.717) is 11.5 Å². The summed E-state index contributed by atoms with van der Waals surface area (Å²) in [6.07, 6.45) is 1.92. The lowest BCUT2D eigenvalue weighted by molar-refractivity contribution is -0.139. The van der Waals surface area contributed by atoms with Crippen molar-refractivity contribution in [3.8, 4) is 0 Å². The molecule has 26 heavy (non-hydrogen) atoms. The number of nitrogens with zero attached hydrogens (tertiary/aromatic N) is 5. The summed E-state index contributed by atoms with van der Waals surface area (Å²) in [5.74, 6) is 0.166. The van der Waals surface area contributed by atoms with Crippen molar-refractivity contribution in [2.24, 2.45) is 10.2 Å². The summed E-state index contributed by atoms with van der Waals surface area (Å²) in [5, 5.41) is 8.67. The standard InChI is InChI=1S/C19H21N5O2/c1-13-9-10-24-17(11-13)20-16(12-18(25)26-4)19(24)22-21-14-5-7-15(8-6-14)23(2)3/h5-11H,12H2,1-4H3. The number of hydrogen-bond donors (Lipinski definition) is 0. The zero-order valence-corrected chi connectivity index (χ0v) is 15.3. The Hall–Kier alpha value is -3.22. The van der Waals surface area contributed by atoms with Crippen molar-refractivity contribution in [2.45, 2.75) is 13.3 Å². The lowest BCUT2D eigenvalue weighted by Crippen LogP contribution is -2.07. The fourth-order valence-corrected chi connectivity index (χ4v) is 2.54. The van der Waals surface area contributed by atoms with Crippen LogP contribution in [0.15, 0.2) is 52.8 Å². The van der Waals surface area contributed by atoms with E-state index in [1.54, 1.807) is 0 Å². The van der Waals surface area contributed by atoms with Crippen molar-refractivity contribution in [1.29, 1.82) is 0 Å². The molecule has 0 fully saturated rings. The van der Waals surface area contributed by atoms with E-state index in [0.717, 1.165) is 22.6 Å². The third-order valence-corrected chi connectivity index (χ3v) is 3.99. The maximum atomic E-state index is 11.7. The first-order valence-corrected chi connectivity index (χ1v) is 8.21. The van der Waals surface area contributed by atoms with E-state index in [4.69, 9.17) is 4.74 Å². The topological polar surface area (TPSA) is 71.6 Å². The second-order valence-electron chi connectivity index (χ2n) is 6.18. The number of methoxy groups -OCH3 is 1. The number of aryl methyl sites for hydroxylation is 1. The molecular weight excluding hydrogens is 330 g/mol. The minimum atomic E-state index is -0.364. The van der Waals surface area contributed by atoms with Gasteiger partial charge in [-0.25, -0.2) is 4.98 Å². The lowest BCUT2D eigenvalue weighted by Gasteiger charge is -2.11. The van der Waals surface area contributed by atoms with Gasteiger partial charge in [0, 0.05) is 26.0 Å². The summed E-state index contributed by atoms with van der Waals surface area (Å²) in [6, 6.07) is 11.6. The van der Waals surface area contributed by atoms with Gasteiger partial charge >= 0.3 is 5.97 Å². The average Bonchev–Trinajstić information content (AvgIpc) is 2.96. The van der Waals surface area contributed by atoms with Gasteiger partial charge in [0.05, 0.1) is 24.9 Å². The van der Waals surface area contributed by atoms with E-state index in [9.17, 15) is 4.79 Å². The van der Waals surface area contributed by atoms with Crippen LogP contribution in [-0.2, 0) is 16.0 Å². The Morgan fingerprint density at radius 3 is 2.58 bits per heavy atom. The number of azo groups is 1. The van der Waals surface area contributed by atoms with Crippen molar-refractivity contribution < 1.29 is 9.53 Å². The van der Waals surface area contributed by atoms with Gasteiger partial charge in [0.15, 0.2) is 5.82 Å². The van der Waals surface area contributed by atoms with Gasteiger partial charge in [0.1, 0.15) is 5.65 Å². The molecule has 2 heterocycles. The molecule has 7 nitrogen and oxygen atoms in total. The summed E-state index contributed by atoms with van der Waals surface area (Å²) in [6.45, 7) is 1.99. The molecule has 0 radical (unpaired) electrons. The Bertz CT molecular complexity index is 958. The van der Waals surface area contributed by atoms with E-state index in [2.05, 4.69) is 15.2 Å². The highest BCUT2D eigenvalue weighted by Crippen LogP contribution is 2.26. The number of anilines is 1. The molecule has 0 saturated heterocycles. The number of pyridine rings is 1. The molecular formula is C19H21N5O2. The van der Waals surface area contributed by atoms with Gasteiger partial charge in [-0.05, 0) is 48.9 Å². The number of fused-ring (bicyclic) bond motifs is 1. The highest BCUT2D eigenvalue weighted by atomic mass is 16.5. The molecule has 0 N–H and O–H groups in total. The molecule has 0 unspecified atom stereocenters. The lowest BCUT2D eigenvalue weighted by atomic mass is 10.3. The number of esters is 1. The fraction of sp³-hybridized carbons (Fsp3) is 0.263. The van der Waals surface area contributed by atoms with Gasteiger partial charge in [-0.1, -0.05) is 0 Å². The molecule has 0 bridgehead atoms. The van der Waals surface area contributed by atoms with Crippen LogP contribution in [0, 0.1) is 6.92 Å². The highest BCUT2D eigenvalue weighted by Gasteiger charge is 2.16. The molecule has 2 aromatic heterocycles. The number of imidazole rings is 1. The van der Waals surface area contributed by atoms with E-state index in [1.165, 1.54) is 7.11 Å². The first-order valence-electron chi connectivity index (χ1n) is 8.21. The number of rotatable bonds is 5. The molecule has 134 valence electrons. The van der Waals surface area contributed by atoms with Crippen LogP contribution < -0.4 is 4.90 Å². The van der Waals surface area contributed by atoms with E-state index in [1.807, 2.05) is 72.9 Å². The van der Waals surface area contributed by atoms with Crippen LogP contribution in [0.3, 0.4) is 0 Å². The third-order valence-electron chi connectivity index (χ3n) is 3.99. The maximum Gasteiger partial charge on any atom is 0.311 e. The summed E-state index contributed by atoms with van der Waals surface area (Å²) >= 11 is 0. The van der Waals surface area contributed by atoms with E-state index < -0.39 is 0 Å². The molecule has 0 saturated carbocycles. The van der Waals surface area contributed by atoms with Gasteiger partial charge in [-0.3, -0.25) is 9.20 Å². The van der Waals surface area contributed by atoms with E-state index in [-0.39, 0.29) is 12.4 Å². The molecule has 3 rings (SSSR count). The van der Waals surface area contributed by atoms with Gasteiger partial charge in [-0.15, -0.1) is 10.2 Å². The number of carbonyl (C=O) groups excluding carboxylic acids is 1. The van der Waals surface area contributed by atoms with Gasteiger partial charge in [0.25, 0.3) is 0 Å². The summed E-state index contributed by atoms with van der Waals surface area (Å²) in [4.78, 5) is 18.2. The Labute approximate surface area is 151 Å². The SMILES string of the molecule is COC(=O)Cc1nc2cc(C)ccn2c1N=Nc1ccc(N(C)C)cc1. The van der Waals surface area contributed by atoms with Crippen molar-refractivity contribution in [2.75, 3.05) is 26.1 Å². The predicted octanol–water partition coefficient (Wildman–Crippen LogP) is 3.84. The van der Waals surface area contributed by atoms with Gasteiger partial charge in [-0.2, -0.15) is 0 Å². The Balaban J connectivity index is 1.98. The van der Waals surface area contributed by atoms with Crippen LogP contribution in [0.4, 0.5) is 17.2 Å². The third kappa shape index (κ3) is 3.72. The summed E-state index contributed by atoms with van der Waals surface area (Å²) < 4.78 is 6.58. The molecule has 0 aliphatic heterocycles. The first-order chi connectivity index (χ1) is 12.5. The molecule has 7 heteroatoms. The predicted molar refractivity (Wildman–Crippen MR) is 101 cm³/mol. The highest BCUT2D eigenvalue weighted by molar-refractivity contribution is 5.74. The van der Waals surface area contributed by atoms with E-state index >= 15 is 0 Å². The van der Waals surface area contributed by atoms with Gasteiger partial charge in [0.2, 0.25) is 0 Å². The van der Waals surface area contributed by atoms with Crippen molar-refractivity contribution >= 4 is 28.8 Å². The molecule has 0 aliphatic rings. The van der Waals surface area contributed by atoms with Crippen molar-refractivity contribution in [3.05, 3.63) is 53.9 Å². The molecule has 1 aromatic carbocycles. The largest absolute Gasteiger partial charge is 0.469 e. The van der Waals surface area contributed by atoms with Crippen LogP contribution in [0.25, 0.3) is 5.65 Å². The van der Waals surface area contributed by atoms with Crippen molar-refractivity contribution in [3.63, 3.8) is 0 Å². The fourth-order valence-electron chi connectivity index (χ4n) is 2.54. The molecule has 0 atom stereocenters. The molecule has 3 aromatic rings. The Kier molecular flexibility index (Phi) is 4.97. The quantitative estimate of drug-likeness (QED) is 0.517. The second kappa shape index (κ2) is 7.35. The minimum absolute atomic E-state index is 0.0468. The second-order valence-corrected chi connectivity index (χ2v) is 6.18. The van der Waals surface area contributed by atoms with Crippen LogP contribution >= 0.6 is 0 Å². The number of hydrogen-bond acceptors (Lipinski definition) is 6. The number of carbonyl (C=O) groups is 1. The summed E-state index contributed by atoms with van der Waals surface area (Å²) in [7, 11) is 5.32. The zero-order valence-electron chi connectivity index (χ0n) is 15.3. The number of aromatic nitrogens is 2. The maximum absolute atomic E-state index is 11.7. The first kappa shape index (κ1) is 17.6. The zero-order chi connectivity index (χ0) is 18.7. The minimum Gasteiger partial charge on any atom is -0.469 e. The average molecular weight is 351 g/mol. The monoisotopic (exact) mass is 351 g/mol. The van der Waals surface area contributed by atoms with Crippen LogP contribution in [0.2, 0.25) is 0 Å². The Morgan fingerprint density at radius 2 is 1.92 bits per heavy atom. The van der Waals surface area contributed by atoms with Crippen LogP contribution in [0.5, 0.6) is 0 Å². The molecule has 0 aliphatic carbocycles. The Morgan fingerprint density at radius 1 is 1.19 bits per heavy atom. The van der Waals surface area contributed by atoms with Crippen molar-refractivity contribution in [1.82, 2.24) is 9.38 Å². The summed E-state index contributed by atoms with van der Waals surface area (Å²) in [5.41, 5.74) is 4.15. The number of ether oxygens (including phenoxy) is 1. The smallest absolute Gasteiger partial charge is 0.311 e. The number of benzene rings is 1. The van der Waals surface area contributed by atoms with Crippen LogP contribution in [0.1, 0.15) is 11.3 Å². The molecule has 0 amide bonds. The normalized spacial score (nSPS) is 11.2. The van der Waals surface area contributed by atoms with Gasteiger partial charge < -0.3 is 9.64 Å². The van der Waals surface area contributed by atoms with Crippen LogP contribution in [-0.4, -0.2) is 36.6 Å².